The maximum absolute atomic E-state index is 5.43. The fourth-order valence-corrected chi connectivity index (χ4v) is 2.93. The fraction of sp³-hybridized carbons (Fsp3) is 0.158. The summed E-state index contributed by atoms with van der Waals surface area (Å²) in [6.07, 6.45) is 1.53. The molecule has 26 heavy (non-hydrogen) atoms. The molecule has 0 atom stereocenters. The van der Waals surface area contributed by atoms with E-state index in [9.17, 15) is 0 Å². The number of anilines is 2. The van der Waals surface area contributed by atoms with Crippen molar-refractivity contribution in [1.29, 1.82) is 0 Å². The highest BCUT2D eigenvalue weighted by Crippen LogP contribution is 2.35. The molecule has 0 spiro atoms. The van der Waals surface area contributed by atoms with Crippen LogP contribution >= 0.6 is 0 Å². The van der Waals surface area contributed by atoms with Crippen molar-refractivity contribution in [2.75, 3.05) is 26.6 Å². The first-order chi connectivity index (χ1) is 12.7. The molecule has 0 saturated carbocycles. The Morgan fingerprint density at radius 1 is 0.885 bits per heavy atom. The zero-order valence-corrected chi connectivity index (χ0v) is 14.7. The molecule has 2 N–H and O–H groups in total. The van der Waals surface area contributed by atoms with E-state index in [0.29, 0.717) is 11.6 Å². The van der Waals surface area contributed by atoms with Gasteiger partial charge in [0.2, 0.25) is 0 Å². The number of rotatable bonds is 5. The van der Waals surface area contributed by atoms with Crippen LogP contribution in [0.5, 0.6) is 17.2 Å². The molecule has 0 fully saturated rings. The first-order valence-electron chi connectivity index (χ1n) is 8.03. The number of ether oxygens (including phenoxy) is 3. The molecule has 0 aliphatic carbocycles. The smallest absolute Gasteiger partial charge is 0.158 e. The van der Waals surface area contributed by atoms with Gasteiger partial charge < -0.3 is 24.5 Å². The van der Waals surface area contributed by atoms with Crippen molar-refractivity contribution in [2.45, 2.75) is 0 Å². The van der Waals surface area contributed by atoms with Crippen molar-refractivity contribution in [3.05, 3.63) is 42.7 Å². The Labute approximate surface area is 149 Å². The first-order valence-corrected chi connectivity index (χ1v) is 8.03. The average molecular weight is 350 g/mol. The molecule has 0 aliphatic heterocycles. The molecule has 2 heterocycles. The number of H-pyrrole nitrogens is 1. The zero-order valence-electron chi connectivity index (χ0n) is 14.7. The third-order valence-electron chi connectivity index (χ3n) is 4.25. The third-order valence-corrected chi connectivity index (χ3v) is 4.25. The minimum atomic E-state index is 0.650. The molecule has 0 amide bonds. The highest BCUT2D eigenvalue weighted by atomic mass is 16.5. The molecule has 2 aromatic heterocycles. The van der Waals surface area contributed by atoms with Gasteiger partial charge in [-0.15, -0.1) is 0 Å². The van der Waals surface area contributed by atoms with E-state index in [1.807, 2.05) is 36.4 Å². The van der Waals surface area contributed by atoms with Gasteiger partial charge in [-0.1, -0.05) is 0 Å². The van der Waals surface area contributed by atoms with Crippen LogP contribution in [0.25, 0.3) is 21.9 Å². The normalized spacial score (nSPS) is 10.9. The molecule has 0 saturated heterocycles. The zero-order chi connectivity index (χ0) is 18.1. The molecule has 7 nitrogen and oxygen atoms in total. The summed E-state index contributed by atoms with van der Waals surface area (Å²) in [5.74, 6) is 2.84. The lowest BCUT2D eigenvalue weighted by Gasteiger charge is -2.12. The Balaban J connectivity index is 1.85. The summed E-state index contributed by atoms with van der Waals surface area (Å²) < 4.78 is 16.1. The van der Waals surface area contributed by atoms with Crippen LogP contribution in [-0.4, -0.2) is 36.3 Å². The Bertz CT molecular complexity index is 1090. The van der Waals surface area contributed by atoms with Gasteiger partial charge in [-0.3, -0.25) is 0 Å². The van der Waals surface area contributed by atoms with E-state index in [4.69, 9.17) is 14.2 Å². The van der Waals surface area contributed by atoms with Crippen molar-refractivity contribution >= 4 is 33.4 Å². The van der Waals surface area contributed by atoms with E-state index in [2.05, 4.69) is 20.3 Å². The molecular weight excluding hydrogens is 332 g/mol. The van der Waals surface area contributed by atoms with E-state index in [0.717, 1.165) is 39.1 Å². The highest BCUT2D eigenvalue weighted by Gasteiger charge is 2.13. The van der Waals surface area contributed by atoms with Crippen molar-refractivity contribution in [2.24, 2.45) is 0 Å². The largest absolute Gasteiger partial charge is 0.497 e. The van der Waals surface area contributed by atoms with Crippen molar-refractivity contribution in [1.82, 2.24) is 15.0 Å². The number of hydrogen-bond acceptors (Lipinski definition) is 6. The van der Waals surface area contributed by atoms with Gasteiger partial charge in [-0.2, -0.15) is 0 Å². The van der Waals surface area contributed by atoms with Gasteiger partial charge >= 0.3 is 0 Å². The monoisotopic (exact) mass is 350 g/mol. The van der Waals surface area contributed by atoms with Gasteiger partial charge in [-0.05, 0) is 30.3 Å². The first kappa shape index (κ1) is 16.0. The fourth-order valence-electron chi connectivity index (χ4n) is 2.93. The van der Waals surface area contributed by atoms with E-state index in [1.165, 1.54) is 6.33 Å². The summed E-state index contributed by atoms with van der Waals surface area (Å²) >= 11 is 0. The van der Waals surface area contributed by atoms with Gasteiger partial charge in [0.15, 0.2) is 5.82 Å². The number of aromatic nitrogens is 3. The van der Waals surface area contributed by atoms with E-state index in [-0.39, 0.29) is 0 Å². The van der Waals surface area contributed by atoms with Gasteiger partial charge in [0.05, 0.1) is 27.0 Å². The van der Waals surface area contributed by atoms with E-state index < -0.39 is 0 Å². The number of fused-ring (bicyclic) bond motifs is 3. The third kappa shape index (κ3) is 2.63. The Morgan fingerprint density at radius 2 is 1.65 bits per heavy atom. The molecule has 2 aromatic carbocycles. The molecule has 4 aromatic rings. The summed E-state index contributed by atoms with van der Waals surface area (Å²) in [5.41, 5.74) is 3.34. The summed E-state index contributed by atoms with van der Waals surface area (Å²) in [6, 6.07) is 11.4. The summed E-state index contributed by atoms with van der Waals surface area (Å²) in [5, 5.41) is 4.29. The summed E-state index contributed by atoms with van der Waals surface area (Å²) in [6.45, 7) is 0. The lowest BCUT2D eigenvalue weighted by atomic mass is 10.2. The lowest BCUT2D eigenvalue weighted by Crippen LogP contribution is -1.99. The second-order valence-electron chi connectivity index (χ2n) is 5.67. The van der Waals surface area contributed by atoms with Crippen LogP contribution in [-0.2, 0) is 0 Å². The average Bonchev–Trinajstić information content (AvgIpc) is 3.06. The number of methoxy groups -OCH3 is 3. The van der Waals surface area contributed by atoms with E-state index >= 15 is 0 Å². The van der Waals surface area contributed by atoms with Crippen LogP contribution in [0.3, 0.4) is 0 Å². The van der Waals surface area contributed by atoms with Gasteiger partial charge in [0.1, 0.15) is 34.6 Å². The van der Waals surface area contributed by atoms with Crippen molar-refractivity contribution in [3.8, 4) is 17.2 Å². The molecule has 0 bridgehead atoms. The van der Waals surface area contributed by atoms with Crippen LogP contribution in [0.15, 0.2) is 42.7 Å². The quantitative estimate of drug-likeness (QED) is 0.568. The van der Waals surface area contributed by atoms with Crippen LogP contribution < -0.4 is 19.5 Å². The van der Waals surface area contributed by atoms with Crippen LogP contribution in [0.2, 0.25) is 0 Å². The summed E-state index contributed by atoms with van der Waals surface area (Å²) in [7, 11) is 4.89. The maximum Gasteiger partial charge on any atom is 0.158 e. The van der Waals surface area contributed by atoms with Gasteiger partial charge in [-0.25, -0.2) is 9.97 Å². The number of aromatic amines is 1. The Kier molecular flexibility index (Phi) is 3.96. The second kappa shape index (κ2) is 6.44. The minimum absolute atomic E-state index is 0.650. The Morgan fingerprint density at radius 3 is 2.42 bits per heavy atom. The molecule has 0 radical (unpaired) electrons. The summed E-state index contributed by atoms with van der Waals surface area (Å²) in [4.78, 5) is 12.2. The maximum atomic E-state index is 5.43. The SMILES string of the molecule is COc1ccc(OC)c(Nc2ncnc3c2[nH]c2ccc(OC)cc23)c1. The molecule has 0 unspecified atom stereocenters. The number of benzene rings is 2. The van der Waals surface area contributed by atoms with E-state index in [1.54, 1.807) is 21.3 Å². The van der Waals surface area contributed by atoms with Crippen molar-refractivity contribution in [3.63, 3.8) is 0 Å². The molecule has 7 heteroatoms. The number of hydrogen-bond donors (Lipinski definition) is 2. The predicted molar refractivity (Wildman–Crippen MR) is 101 cm³/mol. The highest BCUT2D eigenvalue weighted by molar-refractivity contribution is 6.08. The van der Waals surface area contributed by atoms with Crippen LogP contribution in [0, 0.1) is 0 Å². The van der Waals surface area contributed by atoms with Crippen molar-refractivity contribution < 1.29 is 14.2 Å². The lowest BCUT2D eigenvalue weighted by molar-refractivity contribution is 0.405. The topological polar surface area (TPSA) is 81.3 Å². The molecule has 132 valence electrons. The van der Waals surface area contributed by atoms with Gasteiger partial charge in [0, 0.05) is 17.0 Å². The predicted octanol–water partition coefficient (Wildman–Crippen LogP) is 3.88. The number of nitrogens with one attached hydrogen (secondary N) is 2. The molecule has 4 rings (SSSR count). The van der Waals surface area contributed by atoms with Gasteiger partial charge in [0.25, 0.3) is 0 Å². The van der Waals surface area contributed by atoms with Crippen LogP contribution in [0.4, 0.5) is 11.5 Å². The molecular formula is C19H18N4O3. The Hall–Kier alpha value is -3.48. The second-order valence-corrected chi connectivity index (χ2v) is 5.67. The van der Waals surface area contributed by atoms with Crippen LogP contribution in [0.1, 0.15) is 0 Å². The molecule has 0 aliphatic rings. The standard InChI is InChI=1S/C19H18N4O3/c1-24-11-4-6-14-13(8-11)17-18(22-14)19(21-10-20-17)23-15-9-12(25-2)5-7-16(15)26-3/h4-10,22H,1-3H3,(H,20,21,23). The minimum Gasteiger partial charge on any atom is -0.497 e. The number of nitrogens with zero attached hydrogens (tertiary/aromatic N) is 2.